The van der Waals surface area contributed by atoms with Crippen molar-refractivity contribution in [3.63, 3.8) is 0 Å². The molecule has 0 bridgehead atoms. The summed E-state index contributed by atoms with van der Waals surface area (Å²) in [6, 6.07) is 15.6. The Morgan fingerprint density at radius 3 is 2.37 bits per heavy atom. The van der Waals surface area contributed by atoms with Crippen LogP contribution in [0.25, 0.3) is 11.3 Å². The van der Waals surface area contributed by atoms with Crippen LogP contribution in [0.1, 0.15) is 28.8 Å². The second-order valence-electron chi connectivity index (χ2n) is 7.26. The summed E-state index contributed by atoms with van der Waals surface area (Å²) in [7, 11) is 0. The zero-order valence-electron chi connectivity index (χ0n) is 16.5. The minimum absolute atomic E-state index is 0.00670. The van der Waals surface area contributed by atoms with E-state index in [4.69, 9.17) is 0 Å². The largest absolute Gasteiger partial charge is 0.355 e. The highest BCUT2D eigenvalue weighted by Gasteiger charge is 2.15. The zero-order valence-corrected chi connectivity index (χ0v) is 16.5. The van der Waals surface area contributed by atoms with Crippen LogP contribution >= 0.6 is 0 Å². The molecule has 0 spiro atoms. The van der Waals surface area contributed by atoms with E-state index in [0.717, 1.165) is 30.2 Å². The number of carbonyl (C=O) groups is 1. The molecule has 1 N–H and O–H groups in total. The molecule has 0 aliphatic carbocycles. The van der Waals surface area contributed by atoms with Gasteiger partial charge in [0.2, 0.25) is 0 Å². The molecule has 8 nitrogen and oxygen atoms in total. The van der Waals surface area contributed by atoms with Gasteiger partial charge in [0.25, 0.3) is 11.6 Å². The number of nitro groups is 1. The number of anilines is 2. The summed E-state index contributed by atoms with van der Waals surface area (Å²) < 4.78 is 0. The Hall–Kier alpha value is -3.81. The zero-order chi connectivity index (χ0) is 21.1. The van der Waals surface area contributed by atoms with E-state index < -0.39 is 4.92 Å². The highest BCUT2D eigenvalue weighted by molar-refractivity contribution is 6.04. The monoisotopic (exact) mass is 403 g/mol. The van der Waals surface area contributed by atoms with Crippen molar-refractivity contribution in [2.24, 2.45) is 0 Å². The third-order valence-electron chi connectivity index (χ3n) is 5.17. The van der Waals surface area contributed by atoms with Crippen LogP contribution < -0.4 is 10.2 Å². The molecule has 1 saturated heterocycles. The summed E-state index contributed by atoms with van der Waals surface area (Å²) >= 11 is 0. The van der Waals surface area contributed by atoms with Crippen LogP contribution in [0.3, 0.4) is 0 Å². The molecule has 0 radical (unpaired) electrons. The van der Waals surface area contributed by atoms with Gasteiger partial charge in [0.05, 0.1) is 10.6 Å². The summed E-state index contributed by atoms with van der Waals surface area (Å²) in [5.41, 5.74) is 3.10. The van der Waals surface area contributed by atoms with E-state index in [1.54, 1.807) is 19.1 Å². The fraction of sp³-hybridized carbons (Fsp3) is 0.227. The molecule has 1 aromatic heterocycles. The first kappa shape index (κ1) is 19.5. The van der Waals surface area contributed by atoms with Gasteiger partial charge in [-0.25, -0.2) is 0 Å². The molecule has 1 aliphatic heterocycles. The van der Waals surface area contributed by atoms with Crippen molar-refractivity contribution in [3.05, 3.63) is 75.8 Å². The Bertz CT molecular complexity index is 1070. The lowest BCUT2D eigenvalue weighted by Gasteiger charge is -2.15. The maximum Gasteiger partial charge on any atom is 0.272 e. The lowest BCUT2D eigenvalue weighted by Crippen LogP contribution is -2.19. The van der Waals surface area contributed by atoms with Crippen LogP contribution in [0.15, 0.2) is 54.6 Å². The lowest BCUT2D eigenvalue weighted by atomic mass is 10.1. The maximum absolute atomic E-state index is 12.5. The fourth-order valence-electron chi connectivity index (χ4n) is 3.52. The lowest BCUT2D eigenvalue weighted by molar-refractivity contribution is -0.385. The van der Waals surface area contributed by atoms with E-state index in [9.17, 15) is 14.9 Å². The first-order valence-corrected chi connectivity index (χ1v) is 9.77. The van der Waals surface area contributed by atoms with Gasteiger partial charge in [0.1, 0.15) is 0 Å². The number of aryl methyl sites for hydroxylation is 1. The molecule has 152 valence electrons. The number of nitrogens with zero attached hydrogens (tertiary/aromatic N) is 4. The summed E-state index contributed by atoms with van der Waals surface area (Å²) in [6.07, 6.45) is 2.38. The van der Waals surface area contributed by atoms with Crippen molar-refractivity contribution in [2.45, 2.75) is 19.8 Å². The Balaban J connectivity index is 1.44. The number of hydrogen-bond donors (Lipinski definition) is 1. The van der Waals surface area contributed by atoms with Crippen LogP contribution in [0, 0.1) is 17.0 Å². The third kappa shape index (κ3) is 4.12. The molecule has 2 heterocycles. The maximum atomic E-state index is 12.5. The van der Waals surface area contributed by atoms with Crippen molar-refractivity contribution in [2.75, 3.05) is 23.3 Å². The van der Waals surface area contributed by atoms with Crippen LogP contribution in [0.2, 0.25) is 0 Å². The smallest absolute Gasteiger partial charge is 0.272 e. The molecule has 1 amide bonds. The molecule has 3 aromatic rings. The molecule has 0 saturated carbocycles. The molecule has 2 aromatic carbocycles. The number of rotatable bonds is 5. The molecule has 8 heteroatoms. The summed E-state index contributed by atoms with van der Waals surface area (Å²) in [4.78, 5) is 25.1. The predicted octanol–water partition coefficient (Wildman–Crippen LogP) is 4.21. The first-order valence-electron chi connectivity index (χ1n) is 9.77. The van der Waals surface area contributed by atoms with Crippen molar-refractivity contribution in [1.82, 2.24) is 10.2 Å². The number of aromatic nitrogens is 2. The quantitative estimate of drug-likeness (QED) is 0.506. The van der Waals surface area contributed by atoms with Gasteiger partial charge in [-0.15, -0.1) is 10.2 Å². The van der Waals surface area contributed by atoms with Crippen molar-refractivity contribution in [1.29, 1.82) is 0 Å². The Kier molecular flexibility index (Phi) is 5.38. The fourth-order valence-corrected chi connectivity index (χ4v) is 3.52. The van der Waals surface area contributed by atoms with Gasteiger partial charge in [-0.2, -0.15) is 0 Å². The Labute approximate surface area is 173 Å². The van der Waals surface area contributed by atoms with E-state index in [0.29, 0.717) is 16.8 Å². The molecule has 0 unspecified atom stereocenters. The van der Waals surface area contributed by atoms with Crippen LogP contribution in [-0.2, 0) is 0 Å². The second kappa shape index (κ2) is 8.28. The normalized spacial score (nSPS) is 13.3. The number of hydrogen-bond acceptors (Lipinski definition) is 6. The van der Waals surface area contributed by atoms with Crippen molar-refractivity contribution in [3.8, 4) is 11.3 Å². The van der Waals surface area contributed by atoms with E-state index in [2.05, 4.69) is 20.4 Å². The van der Waals surface area contributed by atoms with Crippen LogP contribution in [-0.4, -0.2) is 34.1 Å². The van der Waals surface area contributed by atoms with Gasteiger partial charge in [0.15, 0.2) is 5.82 Å². The molecule has 1 aliphatic rings. The van der Waals surface area contributed by atoms with E-state index in [1.807, 2.05) is 24.3 Å². The number of carbonyl (C=O) groups excluding carboxylic acids is 1. The van der Waals surface area contributed by atoms with Gasteiger partial charge in [-0.1, -0.05) is 12.1 Å². The van der Waals surface area contributed by atoms with Crippen LogP contribution in [0.5, 0.6) is 0 Å². The summed E-state index contributed by atoms with van der Waals surface area (Å²) in [6.45, 7) is 3.66. The number of nitro benzene ring substituents is 1. The number of benzene rings is 2. The molecular formula is C22H21N5O3. The average molecular weight is 403 g/mol. The van der Waals surface area contributed by atoms with Gasteiger partial charge in [0, 0.05) is 41.5 Å². The number of nitrogens with one attached hydrogen (secondary N) is 1. The number of amides is 1. The molecule has 1 fully saturated rings. The molecule has 0 atom stereocenters. The topological polar surface area (TPSA) is 101 Å². The Morgan fingerprint density at radius 2 is 1.77 bits per heavy atom. The molecule has 4 rings (SSSR count). The average Bonchev–Trinajstić information content (AvgIpc) is 3.29. The van der Waals surface area contributed by atoms with Gasteiger partial charge in [-0.3, -0.25) is 14.9 Å². The van der Waals surface area contributed by atoms with Gasteiger partial charge >= 0.3 is 0 Å². The van der Waals surface area contributed by atoms with Gasteiger partial charge in [-0.05, 0) is 56.2 Å². The van der Waals surface area contributed by atoms with Crippen molar-refractivity contribution < 1.29 is 9.72 Å². The van der Waals surface area contributed by atoms with E-state index in [-0.39, 0.29) is 11.6 Å². The highest BCUT2D eigenvalue weighted by Crippen LogP contribution is 2.23. The highest BCUT2D eigenvalue weighted by atomic mass is 16.6. The predicted molar refractivity (Wildman–Crippen MR) is 115 cm³/mol. The van der Waals surface area contributed by atoms with Crippen molar-refractivity contribution >= 4 is 23.1 Å². The summed E-state index contributed by atoms with van der Waals surface area (Å²) in [5.74, 6) is 0.578. The SMILES string of the molecule is Cc1cc(C(=O)Nc2ccc(-c3ccc(N4CCCC4)nn3)cc2)ccc1[N+](=O)[O-]. The third-order valence-corrected chi connectivity index (χ3v) is 5.17. The van der Waals surface area contributed by atoms with E-state index in [1.165, 1.54) is 31.0 Å². The second-order valence-corrected chi connectivity index (χ2v) is 7.26. The van der Waals surface area contributed by atoms with Gasteiger partial charge < -0.3 is 10.2 Å². The van der Waals surface area contributed by atoms with E-state index >= 15 is 0 Å². The first-order chi connectivity index (χ1) is 14.5. The molecular weight excluding hydrogens is 382 g/mol. The minimum atomic E-state index is -0.462. The van der Waals surface area contributed by atoms with Crippen LogP contribution in [0.4, 0.5) is 17.2 Å². The standard InChI is InChI=1S/C22H21N5O3/c1-15-14-17(6-10-20(15)27(29)30)22(28)23-18-7-4-16(5-8-18)19-9-11-21(25-24-19)26-12-2-3-13-26/h4-11,14H,2-3,12-13H2,1H3,(H,23,28). The minimum Gasteiger partial charge on any atom is -0.355 e. The Morgan fingerprint density at radius 1 is 1.03 bits per heavy atom. The summed E-state index contributed by atoms with van der Waals surface area (Å²) in [5, 5.41) is 22.4. The molecule has 30 heavy (non-hydrogen) atoms.